The van der Waals surface area contributed by atoms with Gasteiger partial charge in [-0.25, -0.2) is 22.2 Å². The lowest BCUT2D eigenvalue weighted by atomic mass is 9.96. The van der Waals surface area contributed by atoms with Gasteiger partial charge in [0, 0.05) is 36.9 Å². The molecule has 3 heterocycles. The van der Waals surface area contributed by atoms with E-state index in [1.54, 1.807) is 18.2 Å². The lowest BCUT2D eigenvalue weighted by molar-refractivity contribution is 0.00148. The predicted octanol–water partition coefficient (Wildman–Crippen LogP) is 6.01. The second-order valence-corrected chi connectivity index (χ2v) is 15.3. The molecule has 2 aliphatic carbocycles. The fraction of sp³-hybridized carbons (Fsp3) is 0.500. The molecule has 240 valence electrons. The Morgan fingerprint density at radius 1 is 1.11 bits per heavy atom. The van der Waals surface area contributed by atoms with Crippen molar-refractivity contribution in [3.05, 3.63) is 75.3 Å². The minimum atomic E-state index is -3.93. The second-order valence-electron chi connectivity index (χ2n) is 12.5. The smallest absolute Gasteiger partial charge is 0.267 e. The van der Waals surface area contributed by atoms with E-state index in [9.17, 15) is 13.2 Å². The molecule has 7 rings (SSSR count). The van der Waals surface area contributed by atoms with Gasteiger partial charge in [-0.3, -0.25) is 4.79 Å². The molecule has 13 heteroatoms. The van der Waals surface area contributed by atoms with Crippen LogP contribution in [0.4, 0.5) is 10.1 Å². The highest BCUT2D eigenvalue weighted by molar-refractivity contribution is 7.90. The number of fused-ring (bicyclic) bond motifs is 2. The molecule has 4 atom stereocenters. The summed E-state index contributed by atoms with van der Waals surface area (Å²) in [6.45, 7) is 3.12. The minimum Gasteiger partial charge on any atom is -0.381 e. The SMILES string of the molecule is C[C@@H]1[C@@H]2C[C@@H](CC2OCc2c(C3CC3)cnn2-c2c(Cl)cccc2Cl)N1c1ccc(C(=O)NS(=O)(=O)C2CCOCC2)c(F)c1. The fourth-order valence-electron chi connectivity index (χ4n) is 7.36. The molecule has 1 aromatic heterocycles. The molecule has 0 radical (unpaired) electrons. The fourth-order valence-corrected chi connectivity index (χ4v) is 9.26. The average molecular weight is 678 g/mol. The number of rotatable bonds is 9. The van der Waals surface area contributed by atoms with Crippen LogP contribution in [0.15, 0.2) is 42.6 Å². The zero-order chi connectivity index (χ0) is 31.5. The Morgan fingerprint density at radius 2 is 1.84 bits per heavy atom. The molecule has 2 aromatic carbocycles. The van der Waals surface area contributed by atoms with E-state index < -0.39 is 27.0 Å². The van der Waals surface area contributed by atoms with Crippen LogP contribution in [0.25, 0.3) is 5.69 Å². The molecule has 1 amide bonds. The van der Waals surface area contributed by atoms with Gasteiger partial charge in [-0.05, 0) is 87.3 Å². The number of para-hydroxylation sites is 1. The molecule has 1 N–H and O–H groups in total. The van der Waals surface area contributed by atoms with Gasteiger partial charge in [0.15, 0.2) is 0 Å². The highest BCUT2D eigenvalue weighted by Gasteiger charge is 2.50. The van der Waals surface area contributed by atoms with Crippen LogP contribution in [-0.4, -0.2) is 60.8 Å². The Bertz CT molecular complexity index is 1700. The van der Waals surface area contributed by atoms with Gasteiger partial charge in [0.1, 0.15) is 11.5 Å². The number of nitrogens with zero attached hydrogens (tertiary/aromatic N) is 3. The highest BCUT2D eigenvalue weighted by atomic mass is 35.5. The molecule has 2 saturated carbocycles. The summed E-state index contributed by atoms with van der Waals surface area (Å²) in [5, 5.41) is 4.97. The number of piperidine rings is 1. The van der Waals surface area contributed by atoms with Crippen LogP contribution in [0.5, 0.6) is 0 Å². The van der Waals surface area contributed by atoms with Crippen molar-refractivity contribution in [2.45, 2.75) is 81.4 Å². The molecular formula is C32H35Cl2FN4O5S. The largest absolute Gasteiger partial charge is 0.381 e. The van der Waals surface area contributed by atoms with Gasteiger partial charge in [-0.2, -0.15) is 5.10 Å². The van der Waals surface area contributed by atoms with E-state index in [1.165, 1.54) is 17.7 Å². The number of ether oxygens (including phenoxy) is 2. The zero-order valence-corrected chi connectivity index (χ0v) is 27.1. The van der Waals surface area contributed by atoms with Crippen LogP contribution in [0.1, 0.15) is 73.0 Å². The van der Waals surface area contributed by atoms with E-state index in [0.717, 1.165) is 31.4 Å². The normalized spacial score (nSPS) is 25.2. The molecule has 9 nitrogen and oxygen atoms in total. The lowest BCUT2D eigenvalue weighted by Gasteiger charge is -2.39. The summed E-state index contributed by atoms with van der Waals surface area (Å²) < 4.78 is 56.3. The first-order chi connectivity index (χ1) is 21.6. The van der Waals surface area contributed by atoms with Crippen LogP contribution in [0.3, 0.4) is 0 Å². The van der Waals surface area contributed by atoms with Crippen molar-refractivity contribution in [2.24, 2.45) is 5.92 Å². The van der Waals surface area contributed by atoms with Crippen molar-refractivity contribution in [3.8, 4) is 5.69 Å². The van der Waals surface area contributed by atoms with Crippen LogP contribution in [-0.2, 0) is 26.1 Å². The lowest BCUT2D eigenvalue weighted by Crippen LogP contribution is -2.45. The predicted molar refractivity (Wildman–Crippen MR) is 169 cm³/mol. The van der Waals surface area contributed by atoms with Crippen LogP contribution in [0, 0.1) is 11.7 Å². The van der Waals surface area contributed by atoms with Crippen molar-refractivity contribution >= 4 is 44.8 Å². The van der Waals surface area contributed by atoms with Crippen LogP contribution < -0.4 is 9.62 Å². The molecule has 2 aliphatic heterocycles. The van der Waals surface area contributed by atoms with Gasteiger partial charge < -0.3 is 14.4 Å². The Morgan fingerprint density at radius 3 is 2.51 bits per heavy atom. The van der Waals surface area contributed by atoms with Crippen molar-refractivity contribution in [3.63, 3.8) is 0 Å². The number of hydrogen-bond acceptors (Lipinski definition) is 7. The van der Waals surface area contributed by atoms with Gasteiger partial charge in [0.25, 0.3) is 5.91 Å². The quantitative estimate of drug-likeness (QED) is 0.296. The van der Waals surface area contributed by atoms with Crippen molar-refractivity contribution in [1.29, 1.82) is 0 Å². The number of amides is 1. The maximum Gasteiger partial charge on any atom is 0.267 e. The Labute approximate surface area is 272 Å². The summed E-state index contributed by atoms with van der Waals surface area (Å²) in [6.07, 6.45) is 6.45. The average Bonchev–Trinajstić information content (AvgIpc) is 3.52. The molecule has 3 aromatic rings. The molecular weight excluding hydrogens is 642 g/mol. The first-order valence-corrected chi connectivity index (χ1v) is 17.8. The van der Waals surface area contributed by atoms with Crippen molar-refractivity contribution in [1.82, 2.24) is 14.5 Å². The number of benzene rings is 2. The Kier molecular flexibility index (Phi) is 8.35. The van der Waals surface area contributed by atoms with Crippen molar-refractivity contribution in [2.75, 3.05) is 18.1 Å². The number of anilines is 1. The Hall–Kier alpha value is -2.70. The van der Waals surface area contributed by atoms with E-state index in [1.807, 2.05) is 16.9 Å². The number of nitrogens with one attached hydrogen (secondary N) is 1. The molecule has 4 aliphatic rings. The zero-order valence-electron chi connectivity index (χ0n) is 24.8. The molecule has 45 heavy (non-hydrogen) atoms. The molecule has 2 saturated heterocycles. The Balaban J connectivity index is 1.03. The molecule has 1 unspecified atom stereocenters. The highest BCUT2D eigenvalue weighted by Crippen LogP contribution is 2.47. The summed E-state index contributed by atoms with van der Waals surface area (Å²) in [5.41, 5.74) is 3.16. The van der Waals surface area contributed by atoms with E-state index in [4.69, 9.17) is 32.7 Å². The number of aromatic nitrogens is 2. The van der Waals surface area contributed by atoms with Gasteiger partial charge in [0.2, 0.25) is 10.0 Å². The number of sulfonamides is 1. The maximum atomic E-state index is 15.3. The molecule has 2 bridgehead atoms. The van der Waals surface area contributed by atoms with Crippen LogP contribution >= 0.6 is 23.2 Å². The summed E-state index contributed by atoms with van der Waals surface area (Å²) in [7, 11) is -3.93. The minimum absolute atomic E-state index is 0.0173. The number of carbonyl (C=O) groups excluding carboxylic acids is 1. The monoisotopic (exact) mass is 676 g/mol. The third-order valence-electron chi connectivity index (χ3n) is 9.82. The van der Waals surface area contributed by atoms with E-state index in [-0.39, 0.29) is 29.7 Å². The summed E-state index contributed by atoms with van der Waals surface area (Å²) >= 11 is 13.1. The topological polar surface area (TPSA) is 103 Å². The van der Waals surface area contributed by atoms with E-state index >= 15 is 4.39 Å². The van der Waals surface area contributed by atoms with Crippen molar-refractivity contribution < 1.29 is 27.1 Å². The van der Waals surface area contributed by atoms with E-state index in [0.29, 0.717) is 60.0 Å². The first kappa shape index (κ1) is 30.9. The van der Waals surface area contributed by atoms with Gasteiger partial charge in [0.05, 0.1) is 45.5 Å². The summed E-state index contributed by atoms with van der Waals surface area (Å²) in [6, 6.07) is 10.0. The van der Waals surface area contributed by atoms with Gasteiger partial charge in [-0.15, -0.1) is 0 Å². The second kappa shape index (κ2) is 12.2. The van der Waals surface area contributed by atoms with Gasteiger partial charge in [-0.1, -0.05) is 29.3 Å². The number of hydrogen-bond donors (Lipinski definition) is 1. The third-order valence-corrected chi connectivity index (χ3v) is 12.2. The summed E-state index contributed by atoms with van der Waals surface area (Å²) in [4.78, 5) is 15.0. The summed E-state index contributed by atoms with van der Waals surface area (Å²) in [5.74, 6) is -1.02. The van der Waals surface area contributed by atoms with E-state index in [2.05, 4.69) is 21.6 Å². The number of carbonyl (C=O) groups is 1. The third kappa shape index (κ3) is 5.86. The standard InChI is InChI=1S/C32H35Cl2FN4O5S/c1-18-24-13-21(38(18)20-7-8-23(28(35)14-20)32(40)37-45(41,42)22-9-11-43-12-10-22)15-30(24)44-17-29-25(19-5-6-19)16-36-39(29)31-26(33)3-2-4-27(31)34/h2-4,7-8,14,16,18-19,21-22,24,30H,5-6,9-13,15,17H2,1H3,(H,37,40)/t18-,21+,24+,30?/m1/s1. The van der Waals surface area contributed by atoms with Gasteiger partial charge >= 0.3 is 0 Å². The number of halogens is 3. The molecule has 0 spiro atoms. The molecule has 4 fully saturated rings. The first-order valence-electron chi connectivity index (χ1n) is 15.5. The van der Waals surface area contributed by atoms with Crippen LogP contribution in [0.2, 0.25) is 10.0 Å². The maximum absolute atomic E-state index is 15.3.